The van der Waals surface area contributed by atoms with Crippen molar-refractivity contribution < 1.29 is 9.59 Å². The maximum absolute atomic E-state index is 12.3. The van der Waals surface area contributed by atoms with Crippen LogP contribution in [0.4, 0.5) is 17.3 Å². The van der Waals surface area contributed by atoms with E-state index in [4.69, 9.17) is 0 Å². The molecular weight excluding hydrogens is 346 g/mol. The Balaban J connectivity index is 1.68. The molecule has 0 aliphatic rings. The summed E-state index contributed by atoms with van der Waals surface area (Å²) in [5.74, 6) is -0.171. The Kier molecular flexibility index (Phi) is 5.11. The van der Waals surface area contributed by atoms with Gasteiger partial charge in [0, 0.05) is 29.6 Å². The van der Waals surface area contributed by atoms with E-state index in [1.165, 1.54) is 12.4 Å². The molecule has 3 aromatic rings. The second-order valence-corrected chi connectivity index (χ2v) is 5.86. The quantitative estimate of drug-likeness (QED) is 0.549. The van der Waals surface area contributed by atoms with Crippen LogP contribution in [0.2, 0.25) is 0 Å². The highest BCUT2D eigenvalue weighted by Crippen LogP contribution is 2.16. The number of benzene rings is 1. The van der Waals surface area contributed by atoms with E-state index in [1.54, 1.807) is 31.3 Å². The third kappa shape index (κ3) is 4.09. The van der Waals surface area contributed by atoms with E-state index >= 15 is 0 Å². The third-order valence-corrected chi connectivity index (χ3v) is 3.99. The van der Waals surface area contributed by atoms with Crippen molar-refractivity contribution in [3.63, 3.8) is 0 Å². The number of hydrogen-bond donors (Lipinski definition) is 4. The van der Waals surface area contributed by atoms with Gasteiger partial charge in [-0.15, -0.1) is 0 Å². The zero-order valence-electron chi connectivity index (χ0n) is 15.1. The van der Waals surface area contributed by atoms with Gasteiger partial charge < -0.3 is 16.0 Å². The topological polar surface area (TPSA) is 125 Å². The van der Waals surface area contributed by atoms with E-state index in [1.807, 2.05) is 13.8 Å². The summed E-state index contributed by atoms with van der Waals surface area (Å²) >= 11 is 0. The maximum Gasteiger partial charge on any atom is 0.276 e. The Morgan fingerprint density at radius 3 is 2.41 bits per heavy atom. The van der Waals surface area contributed by atoms with E-state index in [-0.39, 0.29) is 11.8 Å². The van der Waals surface area contributed by atoms with Gasteiger partial charge in [-0.05, 0) is 32.0 Å². The van der Waals surface area contributed by atoms with Gasteiger partial charge in [0.15, 0.2) is 5.69 Å². The molecule has 0 unspecified atom stereocenters. The second-order valence-electron chi connectivity index (χ2n) is 5.86. The number of hydrogen-bond acceptors (Lipinski definition) is 6. The molecule has 4 N–H and O–H groups in total. The van der Waals surface area contributed by atoms with Crippen molar-refractivity contribution in [3.8, 4) is 0 Å². The first-order valence-corrected chi connectivity index (χ1v) is 8.22. The maximum atomic E-state index is 12.3. The lowest BCUT2D eigenvalue weighted by atomic mass is 10.2. The molecule has 2 heterocycles. The number of carbonyl (C=O) groups is 2. The highest BCUT2D eigenvalue weighted by atomic mass is 16.2. The Hall–Kier alpha value is -3.75. The number of rotatable bonds is 5. The minimum atomic E-state index is -0.334. The first-order valence-electron chi connectivity index (χ1n) is 8.22. The van der Waals surface area contributed by atoms with Gasteiger partial charge in [0.25, 0.3) is 11.8 Å². The van der Waals surface area contributed by atoms with Crippen LogP contribution >= 0.6 is 0 Å². The number of H-pyrrole nitrogens is 1. The second kappa shape index (κ2) is 7.65. The van der Waals surface area contributed by atoms with Crippen molar-refractivity contribution in [2.24, 2.45) is 0 Å². The predicted molar refractivity (Wildman–Crippen MR) is 101 cm³/mol. The largest absolute Gasteiger partial charge is 0.355 e. The molecule has 0 aliphatic heterocycles. The zero-order valence-corrected chi connectivity index (χ0v) is 15.1. The van der Waals surface area contributed by atoms with Crippen LogP contribution in [0.25, 0.3) is 0 Å². The van der Waals surface area contributed by atoms with Crippen LogP contribution in [0.1, 0.15) is 32.1 Å². The van der Waals surface area contributed by atoms with Crippen LogP contribution in [-0.2, 0) is 0 Å². The number of carbonyl (C=O) groups excluding carboxylic acids is 2. The zero-order chi connectivity index (χ0) is 19.4. The first-order chi connectivity index (χ1) is 13.0. The number of nitrogens with zero attached hydrogens (tertiary/aromatic N) is 3. The summed E-state index contributed by atoms with van der Waals surface area (Å²) in [4.78, 5) is 32.3. The molecule has 0 aliphatic carbocycles. The lowest BCUT2D eigenvalue weighted by molar-refractivity contribution is 0.0962. The Labute approximate surface area is 155 Å². The molecule has 0 spiro atoms. The molecule has 9 heteroatoms. The van der Waals surface area contributed by atoms with Crippen LogP contribution in [0, 0.1) is 13.8 Å². The summed E-state index contributed by atoms with van der Waals surface area (Å²) < 4.78 is 0. The normalized spacial score (nSPS) is 10.3. The van der Waals surface area contributed by atoms with Crippen LogP contribution in [-0.4, -0.2) is 39.0 Å². The minimum Gasteiger partial charge on any atom is -0.355 e. The molecule has 1 aromatic carbocycles. The predicted octanol–water partition coefficient (Wildman–Crippen LogP) is 2.17. The molecule has 0 bridgehead atoms. The molecule has 9 nitrogen and oxygen atoms in total. The fourth-order valence-corrected chi connectivity index (χ4v) is 2.37. The lowest BCUT2D eigenvalue weighted by Gasteiger charge is -2.08. The number of anilines is 3. The van der Waals surface area contributed by atoms with Crippen molar-refractivity contribution in [1.29, 1.82) is 0 Å². The molecule has 2 aromatic heterocycles. The summed E-state index contributed by atoms with van der Waals surface area (Å²) in [6.45, 7) is 3.67. The fraction of sp³-hybridized carbons (Fsp3) is 0.167. The molecule has 0 fully saturated rings. The van der Waals surface area contributed by atoms with Crippen LogP contribution in [0.15, 0.2) is 36.7 Å². The number of aryl methyl sites for hydroxylation is 1. The SMILES string of the molecule is CNC(=O)c1cccc(Nc2ncc(NC(=O)c3n[nH]c(C)c3C)cn2)c1. The molecule has 0 radical (unpaired) electrons. The van der Waals surface area contributed by atoms with Gasteiger partial charge >= 0.3 is 0 Å². The molecular formula is C18H19N7O2. The van der Waals surface area contributed by atoms with E-state index in [9.17, 15) is 9.59 Å². The van der Waals surface area contributed by atoms with Gasteiger partial charge in [-0.25, -0.2) is 9.97 Å². The molecule has 0 saturated heterocycles. The van der Waals surface area contributed by atoms with Crippen LogP contribution in [0.3, 0.4) is 0 Å². The summed E-state index contributed by atoms with van der Waals surface area (Å²) in [6, 6.07) is 6.96. The summed E-state index contributed by atoms with van der Waals surface area (Å²) in [5.41, 5.74) is 3.62. The van der Waals surface area contributed by atoms with Gasteiger partial charge in [-0.3, -0.25) is 14.7 Å². The minimum absolute atomic E-state index is 0.179. The van der Waals surface area contributed by atoms with E-state index in [0.29, 0.717) is 28.6 Å². The molecule has 3 rings (SSSR count). The van der Waals surface area contributed by atoms with E-state index < -0.39 is 0 Å². The third-order valence-electron chi connectivity index (χ3n) is 3.99. The van der Waals surface area contributed by atoms with Gasteiger partial charge in [-0.2, -0.15) is 5.10 Å². The number of aromatic nitrogens is 4. The Bertz CT molecular complexity index is 980. The number of amides is 2. The number of nitrogens with one attached hydrogen (secondary N) is 4. The summed E-state index contributed by atoms with van der Waals surface area (Å²) in [5, 5.41) is 15.1. The highest BCUT2D eigenvalue weighted by molar-refractivity contribution is 6.03. The highest BCUT2D eigenvalue weighted by Gasteiger charge is 2.14. The van der Waals surface area contributed by atoms with Crippen molar-refractivity contribution in [2.45, 2.75) is 13.8 Å². The molecule has 2 amide bonds. The molecule has 27 heavy (non-hydrogen) atoms. The summed E-state index contributed by atoms with van der Waals surface area (Å²) in [7, 11) is 1.57. The Morgan fingerprint density at radius 1 is 1.04 bits per heavy atom. The van der Waals surface area contributed by atoms with Gasteiger partial charge in [0.2, 0.25) is 5.95 Å². The van der Waals surface area contributed by atoms with E-state index in [0.717, 1.165) is 11.3 Å². The Morgan fingerprint density at radius 2 is 1.78 bits per heavy atom. The van der Waals surface area contributed by atoms with E-state index in [2.05, 4.69) is 36.1 Å². The van der Waals surface area contributed by atoms with Crippen molar-refractivity contribution in [3.05, 3.63) is 59.2 Å². The van der Waals surface area contributed by atoms with Crippen LogP contribution < -0.4 is 16.0 Å². The molecule has 138 valence electrons. The number of aromatic amines is 1. The first kappa shape index (κ1) is 18.1. The van der Waals surface area contributed by atoms with Gasteiger partial charge in [-0.1, -0.05) is 6.07 Å². The standard InChI is InChI=1S/C18H19N7O2/c1-10-11(2)24-25-15(10)17(27)22-14-8-20-18(21-9-14)23-13-6-4-5-12(7-13)16(26)19-3/h4-9H,1-3H3,(H,19,26)(H,22,27)(H,24,25)(H,20,21,23). The average Bonchev–Trinajstić information content (AvgIpc) is 3.02. The van der Waals surface area contributed by atoms with Crippen molar-refractivity contribution in [1.82, 2.24) is 25.5 Å². The van der Waals surface area contributed by atoms with Crippen LogP contribution in [0.5, 0.6) is 0 Å². The van der Waals surface area contributed by atoms with Gasteiger partial charge in [0.1, 0.15) is 0 Å². The summed E-state index contributed by atoms with van der Waals surface area (Å²) in [6.07, 6.45) is 2.98. The van der Waals surface area contributed by atoms with Gasteiger partial charge in [0.05, 0.1) is 18.1 Å². The smallest absolute Gasteiger partial charge is 0.276 e. The molecule has 0 atom stereocenters. The lowest BCUT2D eigenvalue weighted by Crippen LogP contribution is -2.17. The van der Waals surface area contributed by atoms with Crippen molar-refractivity contribution >= 4 is 29.1 Å². The fourth-order valence-electron chi connectivity index (χ4n) is 2.37. The molecule has 0 saturated carbocycles. The average molecular weight is 365 g/mol. The van der Waals surface area contributed by atoms with Crippen molar-refractivity contribution in [2.75, 3.05) is 17.7 Å². The monoisotopic (exact) mass is 365 g/mol.